The molecule has 0 spiro atoms. The third-order valence-corrected chi connectivity index (χ3v) is 3.74. The van der Waals surface area contributed by atoms with E-state index in [1.54, 1.807) is 31.4 Å². The van der Waals surface area contributed by atoms with Crippen molar-refractivity contribution in [3.8, 4) is 23.0 Å². The Morgan fingerprint density at radius 3 is 2.39 bits per heavy atom. The number of hydrogen-bond acceptors (Lipinski definition) is 5. The smallest absolute Gasteiger partial charge is 0.262 e. The molecular formula is C22H27NO5. The predicted octanol–water partition coefficient (Wildman–Crippen LogP) is 4.54. The van der Waals surface area contributed by atoms with Crippen LogP contribution in [0.1, 0.15) is 26.3 Å². The molecule has 0 aliphatic rings. The van der Waals surface area contributed by atoms with Crippen molar-refractivity contribution >= 4 is 17.7 Å². The summed E-state index contributed by atoms with van der Waals surface area (Å²) in [5.41, 5.74) is 1.53. The molecule has 0 saturated carbocycles. The molecule has 1 N–H and O–H groups in total. The van der Waals surface area contributed by atoms with Gasteiger partial charge < -0.3 is 24.3 Å². The molecule has 2 aromatic carbocycles. The number of ether oxygens (including phenoxy) is 4. The average molecular weight is 385 g/mol. The van der Waals surface area contributed by atoms with Crippen LogP contribution in [0.15, 0.2) is 42.5 Å². The second-order valence-corrected chi connectivity index (χ2v) is 5.77. The Labute approximate surface area is 166 Å². The van der Waals surface area contributed by atoms with Crippen LogP contribution in [0.3, 0.4) is 0 Å². The normalized spacial score (nSPS) is 10.6. The van der Waals surface area contributed by atoms with E-state index in [0.29, 0.717) is 41.9 Å². The first kappa shape index (κ1) is 21.2. The van der Waals surface area contributed by atoms with E-state index >= 15 is 0 Å². The first-order chi connectivity index (χ1) is 13.6. The highest BCUT2D eigenvalue weighted by Gasteiger charge is 2.12. The number of benzene rings is 2. The molecule has 0 bridgehead atoms. The van der Waals surface area contributed by atoms with Crippen molar-refractivity contribution in [1.29, 1.82) is 0 Å². The predicted molar refractivity (Wildman–Crippen MR) is 111 cm³/mol. The minimum Gasteiger partial charge on any atom is -0.494 e. The highest BCUT2D eigenvalue weighted by molar-refractivity contribution is 5.93. The van der Waals surface area contributed by atoms with Crippen LogP contribution in [0.4, 0.5) is 5.69 Å². The fourth-order valence-electron chi connectivity index (χ4n) is 2.57. The first-order valence-corrected chi connectivity index (χ1v) is 9.24. The van der Waals surface area contributed by atoms with Gasteiger partial charge in [0.15, 0.2) is 18.1 Å². The van der Waals surface area contributed by atoms with Gasteiger partial charge in [0.05, 0.1) is 26.0 Å². The first-order valence-electron chi connectivity index (χ1n) is 9.24. The largest absolute Gasteiger partial charge is 0.494 e. The third kappa shape index (κ3) is 5.94. The molecule has 0 aliphatic heterocycles. The lowest BCUT2D eigenvalue weighted by Gasteiger charge is -2.14. The molecule has 2 aromatic rings. The van der Waals surface area contributed by atoms with Gasteiger partial charge in [-0.1, -0.05) is 18.2 Å². The minimum absolute atomic E-state index is 0.163. The summed E-state index contributed by atoms with van der Waals surface area (Å²) in [6, 6.07) is 10.8. The van der Waals surface area contributed by atoms with Crippen LogP contribution in [-0.4, -0.2) is 32.8 Å². The maximum Gasteiger partial charge on any atom is 0.262 e. The van der Waals surface area contributed by atoms with Crippen molar-refractivity contribution in [1.82, 2.24) is 0 Å². The maximum atomic E-state index is 12.4. The average Bonchev–Trinajstić information content (AvgIpc) is 2.69. The lowest BCUT2D eigenvalue weighted by molar-refractivity contribution is -0.118. The van der Waals surface area contributed by atoms with E-state index in [1.807, 2.05) is 45.1 Å². The Morgan fingerprint density at radius 1 is 0.964 bits per heavy atom. The number of anilines is 1. The summed E-state index contributed by atoms with van der Waals surface area (Å²) in [7, 11) is 1.56. The Bertz CT molecular complexity index is 817. The number of rotatable bonds is 10. The van der Waals surface area contributed by atoms with Crippen LogP contribution in [0, 0.1) is 0 Å². The quantitative estimate of drug-likeness (QED) is 0.650. The van der Waals surface area contributed by atoms with Gasteiger partial charge >= 0.3 is 0 Å². The zero-order chi connectivity index (χ0) is 20.4. The Hall–Kier alpha value is -3.15. The molecule has 150 valence electrons. The van der Waals surface area contributed by atoms with E-state index in [1.165, 1.54) is 0 Å². The van der Waals surface area contributed by atoms with Gasteiger partial charge in [0.1, 0.15) is 11.5 Å². The summed E-state index contributed by atoms with van der Waals surface area (Å²) in [4.78, 5) is 12.4. The van der Waals surface area contributed by atoms with E-state index in [4.69, 9.17) is 18.9 Å². The molecule has 0 saturated heterocycles. The summed E-state index contributed by atoms with van der Waals surface area (Å²) in [5.74, 6) is 1.99. The van der Waals surface area contributed by atoms with Crippen LogP contribution >= 0.6 is 0 Å². The Morgan fingerprint density at radius 2 is 1.71 bits per heavy atom. The van der Waals surface area contributed by atoms with Crippen molar-refractivity contribution in [2.24, 2.45) is 0 Å². The number of methoxy groups -OCH3 is 1. The van der Waals surface area contributed by atoms with E-state index in [2.05, 4.69) is 5.32 Å². The molecule has 2 rings (SSSR count). The van der Waals surface area contributed by atoms with Crippen LogP contribution in [-0.2, 0) is 4.79 Å². The molecular weight excluding hydrogens is 358 g/mol. The summed E-state index contributed by atoms with van der Waals surface area (Å²) < 4.78 is 22.0. The zero-order valence-electron chi connectivity index (χ0n) is 16.8. The van der Waals surface area contributed by atoms with Gasteiger partial charge in [0.2, 0.25) is 0 Å². The van der Waals surface area contributed by atoms with Gasteiger partial charge in [-0.25, -0.2) is 0 Å². The molecule has 1 amide bonds. The van der Waals surface area contributed by atoms with Crippen LogP contribution in [0.2, 0.25) is 0 Å². The van der Waals surface area contributed by atoms with E-state index in [0.717, 1.165) is 5.56 Å². The summed E-state index contributed by atoms with van der Waals surface area (Å²) in [6.45, 7) is 6.59. The van der Waals surface area contributed by atoms with Gasteiger partial charge in [0, 0.05) is 6.07 Å². The molecule has 28 heavy (non-hydrogen) atoms. The van der Waals surface area contributed by atoms with E-state index in [-0.39, 0.29) is 12.5 Å². The maximum absolute atomic E-state index is 12.4. The highest BCUT2D eigenvalue weighted by atomic mass is 16.5. The van der Waals surface area contributed by atoms with Crippen molar-refractivity contribution in [3.05, 3.63) is 48.0 Å². The SMILES string of the molecule is CC=Cc1ccc(OCC(=O)Nc2cc(OCC)ccc2OCC)c(OC)c1. The number of nitrogens with one attached hydrogen (secondary N) is 1. The van der Waals surface area contributed by atoms with Crippen molar-refractivity contribution in [2.75, 3.05) is 32.2 Å². The number of allylic oxidation sites excluding steroid dienone is 1. The van der Waals surface area contributed by atoms with E-state index in [9.17, 15) is 4.79 Å². The molecule has 0 heterocycles. The molecule has 0 radical (unpaired) electrons. The second kappa shape index (κ2) is 10.9. The zero-order valence-corrected chi connectivity index (χ0v) is 16.8. The van der Waals surface area contributed by atoms with Crippen LogP contribution in [0.5, 0.6) is 23.0 Å². The number of amides is 1. The second-order valence-electron chi connectivity index (χ2n) is 5.77. The van der Waals surface area contributed by atoms with Crippen LogP contribution < -0.4 is 24.3 Å². The van der Waals surface area contributed by atoms with Gasteiger partial charge in [-0.15, -0.1) is 0 Å². The lowest BCUT2D eigenvalue weighted by Crippen LogP contribution is -2.21. The summed E-state index contributed by atoms with van der Waals surface area (Å²) >= 11 is 0. The Balaban J connectivity index is 2.07. The van der Waals surface area contributed by atoms with Crippen molar-refractivity contribution in [2.45, 2.75) is 20.8 Å². The van der Waals surface area contributed by atoms with Gasteiger partial charge in [-0.3, -0.25) is 4.79 Å². The molecule has 6 heteroatoms. The Kier molecular flexibility index (Phi) is 8.21. The fraction of sp³-hybridized carbons (Fsp3) is 0.318. The molecule has 0 atom stereocenters. The molecule has 0 aromatic heterocycles. The molecule has 6 nitrogen and oxygen atoms in total. The number of hydrogen-bond donors (Lipinski definition) is 1. The molecule has 0 aliphatic carbocycles. The third-order valence-electron chi connectivity index (χ3n) is 3.74. The lowest BCUT2D eigenvalue weighted by atomic mass is 10.2. The topological polar surface area (TPSA) is 66.0 Å². The van der Waals surface area contributed by atoms with Crippen molar-refractivity contribution < 1.29 is 23.7 Å². The standard InChI is InChI=1S/C22H27NO5/c1-5-8-16-9-11-20(21(13-16)25-4)28-15-22(24)23-18-14-17(26-6-2)10-12-19(18)27-7-3/h5,8-14H,6-7,15H2,1-4H3,(H,23,24). The van der Waals surface area contributed by atoms with Gasteiger partial charge in [0.25, 0.3) is 5.91 Å². The molecule has 0 fully saturated rings. The van der Waals surface area contributed by atoms with Crippen molar-refractivity contribution in [3.63, 3.8) is 0 Å². The molecule has 0 unspecified atom stereocenters. The monoisotopic (exact) mass is 385 g/mol. The summed E-state index contributed by atoms with van der Waals surface area (Å²) in [6.07, 6.45) is 3.90. The van der Waals surface area contributed by atoms with E-state index < -0.39 is 0 Å². The highest BCUT2D eigenvalue weighted by Crippen LogP contribution is 2.30. The minimum atomic E-state index is -0.311. The number of carbonyl (C=O) groups excluding carboxylic acids is 1. The fourth-order valence-corrected chi connectivity index (χ4v) is 2.57. The van der Waals surface area contributed by atoms with Gasteiger partial charge in [-0.05, 0) is 50.6 Å². The number of carbonyl (C=O) groups is 1. The van der Waals surface area contributed by atoms with Gasteiger partial charge in [-0.2, -0.15) is 0 Å². The summed E-state index contributed by atoms with van der Waals surface area (Å²) in [5, 5.41) is 2.81. The van der Waals surface area contributed by atoms with Crippen LogP contribution in [0.25, 0.3) is 6.08 Å².